The lowest BCUT2D eigenvalue weighted by atomic mass is 10.0. The number of aliphatic hydroxyl groups excluding tert-OH is 1. The highest BCUT2D eigenvalue weighted by Gasteiger charge is 2.05. The molecule has 0 aromatic heterocycles. The monoisotopic (exact) mass is 254 g/mol. The average Bonchev–Trinajstić information content (AvgIpc) is 2.48. The van der Waals surface area contributed by atoms with Crippen molar-refractivity contribution in [3.8, 4) is 11.1 Å². The van der Waals surface area contributed by atoms with Gasteiger partial charge in [0.2, 0.25) is 0 Å². The average molecular weight is 254 g/mol. The van der Waals surface area contributed by atoms with Crippen molar-refractivity contribution < 1.29 is 9.90 Å². The Bertz CT molecular complexity index is 515. The van der Waals surface area contributed by atoms with Gasteiger partial charge in [0.1, 0.15) is 0 Å². The van der Waals surface area contributed by atoms with Crippen molar-refractivity contribution in [2.75, 3.05) is 6.61 Å². The van der Waals surface area contributed by atoms with Crippen LogP contribution in [0.3, 0.4) is 0 Å². The van der Waals surface area contributed by atoms with Crippen molar-refractivity contribution in [3.63, 3.8) is 0 Å². The van der Waals surface area contributed by atoms with Crippen LogP contribution < -0.4 is 0 Å². The summed E-state index contributed by atoms with van der Waals surface area (Å²) in [6.45, 7) is 0.153. The third kappa shape index (κ3) is 3.76. The van der Waals surface area contributed by atoms with Crippen molar-refractivity contribution in [2.45, 2.75) is 19.3 Å². The molecule has 0 aliphatic heterocycles. The maximum atomic E-state index is 11.9. The lowest BCUT2D eigenvalue weighted by Crippen LogP contribution is -1.99. The second kappa shape index (κ2) is 6.86. The van der Waals surface area contributed by atoms with Gasteiger partial charge in [0.15, 0.2) is 5.78 Å². The largest absolute Gasteiger partial charge is 0.396 e. The number of unbranched alkanes of at least 4 members (excludes halogenated alkanes) is 1. The van der Waals surface area contributed by atoms with Gasteiger partial charge in [-0.15, -0.1) is 0 Å². The van der Waals surface area contributed by atoms with Crippen LogP contribution in [0.2, 0.25) is 0 Å². The molecule has 0 saturated heterocycles. The summed E-state index contributed by atoms with van der Waals surface area (Å²) in [6.07, 6.45) is 1.94. The number of carbonyl (C=O) groups excluding carboxylic acids is 1. The van der Waals surface area contributed by atoms with Crippen molar-refractivity contribution in [3.05, 3.63) is 60.2 Å². The second-order valence-electron chi connectivity index (χ2n) is 4.55. The molecule has 2 nitrogen and oxygen atoms in total. The topological polar surface area (TPSA) is 37.3 Å². The number of benzene rings is 2. The summed E-state index contributed by atoms with van der Waals surface area (Å²) in [5, 5.41) is 8.70. The van der Waals surface area contributed by atoms with E-state index in [1.54, 1.807) is 0 Å². The normalized spacial score (nSPS) is 10.4. The Hall–Kier alpha value is -1.93. The Morgan fingerprint density at radius 3 is 2.11 bits per heavy atom. The first-order valence-electron chi connectivity index (χ1n) is 6.61. The fourth-order valence-electron chi connectivity index (χ4n) is 2.02. The highest BCUT2D eigenvalue weighted by atomic mass is 16.2. The van der Waals surface area contributed by atoms with E-state index in [2.05, 4.69) is 12.1 Å². The minimum Gasteiger partial charge on any atom is -0.396 e. The molecular formula is C17H18O2. The molecule has 0 aliphatic carbocycles. The summed E-state index contributed by atoms with van der Waals surface area (Å²) in [4.78, 5) is 11.9. The van der Waals surface area contributed by atoms with Gasteiger partial charge in [-0.05, 0) is 24.0 Å². The van der Waals surface area contributed by atoms with Crippen LogP contribution in [-0.2, 0) is 0 Å². The zero-order chi connectivity index (χ0) is 13.5. The summed E-state index contributed by atoms with van der Waals surface area (Å²) in [7, 11) is 0. The predicted octanol–water partition coefficient (Wildman–Crippen LogP) is 3.70. The van der Waals surface area contributed by atoms with Crippen LogP contribution in [-0.4, -0.2) is 17.5 Å². The van der Waals surface area contributed by atoms with Gasteiger partial charge >= 0.3 is 0 Å². The second-order valence-corrected chi connectivity index (χ2v) is 4.55. The first-order chi connectivity index (χ1) is 9.31. The highest BCUT2D eigenvalue weighted by molar-refractivity contribution is 5.96. The van der Waals surface area contributed by atoms with Crippen LogP contribution in [0.25, 0.3) is 11.1 Å². The first kappa shape index (κ1) is 13.5. The molecule has 0 radical (unpaired) electrons. The third-order valence-electron chi connectivity index (χ3n) is 3.13. The van der Waals surface area contributed by atoms with Crippen LogP contribution in [0.15, 0.2) is 54.6 Å². The van der Waals surface area contributed by atoms with Gasteiger partial charge in [0.05, 0.1) is 0 Å². The summed E-state index contributed by atoms with van der Waals surface area (Å²) in [6, 6.07) is 17.8. The van der Waals surface area contributed by atoms with E-state index in [-0.39, 0.29) is 12.4 Å². The molecular weight excluding hydrogens is 236 g/mol. The zero-order valence-corrected chi connectivity index (χ0v) is 10.9. The maximum absolute atomic E-state index is 11.9. The van der Waals surface area contributed by atoms with Gasteiger partial charge in [0, 0.05) is 18.6 Å². The molecule has 0 bridgehead atoms. The van der Waals surface area contributed by atoms with Crippen LogP contribution in [0.1, 0.15) is 29.6 Å². The SMILES string of the molecule is O=C(CCCCO)c1ccc(-c2ccccc2)cc1. The number of aliphatic hydroxyl groups is 1. The summed E-state index contributed by atoms with van der Waals surface area (Å²) < 4.78 is 0. The van der Waals surface area contributed by atoms with Gasteiger partial charge in [-0.25, -0.2) is 0 Å². The lowest BCUT2D eigenvalue weighted by molar-refractivity contribution is 0.0977. The number of Topliss-reactive ketones (excluding diaryl/α,β-unsaturated/α-hetero) is 1. The molecule has 0 unspecified atom stereocenters. The van der Waals surface area contributed by atoms with E-state index in [4.69, 9.17) is 5.11 Å². The van der Waals surface area contributed by atoms with Gasteiger partial charge in [-0.3, -0.25) is 4.79 Å². The number of rotatable bonds is 6. The Labute approximate surface area is 113 Å². The molecule has 0 spiro atoms. The Morgan fingerprint density at radius 1 is 0.842 bits per heavy atom. The molecule has 19 heavy (non-hydrogen) atoms. The van der Waals surface area contributed by atoms with Crippen molar-refractivity contribution >= 4 is 5.78 Å². The fourth-order valence-corrected chi connectivity index (χ4v) is 2.02. The third-order valence-corrected chi connectivity index (χ3v) is 3.13. The van der Waals surface area contributed by atoms with E-state index in [9.17, 15) is 4.79 Å². The Kier molecular flexibility index (Phi) is 4.87. The Morgan fingerprint density at radius 2 is 1.47 bits per heavy atom. The van der Waals surface area contributed by atoms with Crippen LogP contribution in [0.4, 0.5) is 0 Å². The minimum absolute atomic E-state index is 0.146. The first-order valence-corrected chi connectivity index (χ1v) is 6.61. The van der Waals surface area contributed by atoms with E-state index in [0.29, 0.717) is 12.8 Å². The molecule has 2 rings (SSSR count). The number of hydrogen-bond donors (Lipinski definition) is 1. The summed E-state index contributed by atoms with van der Waals surface area (Å²) in [5.74, 6) is 0.146. The van der Waals surface area contributed by atoms with Gasteiger partial charge < -0.3 is 5.11 Å². The molecule has 2 heteroatoms. The molecule has 2 aromatic rings. The van der Waals surface area contributed by atoms with Crippen LogP contribution in [0.5, 0.6) is 0 Å². The zero-order valence-electron chi connectivity index (χ0n) is 10.9. The van der Waals surface area contributed by atoms with Gasteiger partial charge in [-0.1, -0.05) is 54.6 Å². The van der Waals surface area contributed by atoms with E-state index in [1.165, 1.54) is 0 Å². The van der Waals surface area contributed by atoms with E-state index in [1.807, 2.05) is 42.5 Å². The summed E-state index contributed by atoms with van der Waals surface area (Å²) in [5.41, 5.74) is 3.02. The van der Waals surface area contributed by atoms with E-state index < -0.39 is 0 Å². The van der Waals surface area contributed by atoms with Crippen molar-refractivity contribution in [1.29, 1.82) is 0 Å². The lowest BCUT2D eigenvalue weighted by Gasteiger charge is -2.04. The molecule has 0 amide bonds. The van der Waals surface area contributed by atoms with Gasteiger partial charge in [-0.2, -0.15) is 0 Å². The molecule has 2 aromatic carbocycles. The van der Waals surface area contributed by atoms with Crippen LogP contribution in [0, 0.1) is 0 Å². The minimum atomic E-state index is 0.146. The maximum Gasteiger partial charge on any atom is 0.162 e. The number of ketones is 1. The van der Waals surface area contributed by atoms with E-state index >= 15 is 0 Å². The standard InChI is InChI=1S/C17H18O2/c18-13-5-4-8-17(19)16-11-9-15(10-12-16)14-6-2-1-3-7-14/h1-3,6-7,9-12,18H,4-5,8,13H2. The van der Waals surface area contributed by atoms with Gasteiger partial charge in [0.25, 0.3) is 0 Å². The molecule has 1 N–H and O–H groups in total. The molecule has 0 heterocycles. The van der Waals surface area contributed by atoms with E-state index in [0.717, 1.165) is 23.1 Å². The van der Waals surface area contributed by atoms with Crippen LogP contribution >= 0.6 is 0 Å². The van der Waals surface area contributed by atoms with Crippen molar-refractivity contribution in [1.82, 2.24) is 0 Å². The highest BCUT2D eigenvalue weighted by Crippen LogP contribution is 2.19. The molecule has 98 valence electrons. The molecule has 0 atom stereocenters. The smallest absolute Gasteiger partial charge is 0.162 e. The number of carbonyl (C=O) groups is 1. The Balaban J connectivity index is 2.04. The quantitative estimate of drug-likeness (QED) is 0.630. The molecule has 0 fully saturated rings. The molecule has 0 saturated carbocycles. The molecule has 0 aliphatic rings. The summed E-state index contributed by atoms with van der Waals surface area (Å²) >= 11 is 0. The van der Waals surface area contributed by atoms with Crippen molar-refractivity contribution in [2.24, 2.45) is 0 Å². The number of hydrogen-bond acceptors (Lipinski definition) is 2. The predicted molar refractivity (Wildman–Crippen MR) is 77.1 cm³/mol. The fraction of sp³-hybridized carbons (Fsp3) is 0.235.